The first kappa shape index (κ1) is 24.6. The summed E-state index contributed by atoms with van der Waals surface area (Å²) in [6, 6.07) is 4.83. The van der Waals surface area contributed by atoms with Crippen LogP contribution < -0.4 is 14.8 Å². The second-order valence-corrected chi connectivity index (χ2v) is 9.07. The van der Waals surface area contributed by atoms with Crippen molar-refractivity contribution in [2.45, 2.75) is 63.0 Å². The molecule has 2 aromatic carbocycles. The maximum Gasteiger partial charge on any atom is 0.229 e. The number of carbonyl (C=O) groups excluding carboxylic acids is 1. The lowest BCUT2D eigenvalue weighted by Gasteiger charge is -2.48. The van der Waals surface area contributed by atoms with Crippen molar-refractivity contribution in [1.82, 2.24) is 5.32 Å². The first-order valence-electron chi connectivity index (χ1n) is 11.2. The Morgan fingerprint density at radius 2 is 1.79 bits per heavy atom. The Morgan fingerprint density at radius 1 is 1.12 bits per heavy atom. The minimum atomic E-state index is -1.65. The van der Waals surface area contributed by atoms with Crippen LogP contribution in [-0.2, 0) is 4.74 Å². The maximum atomic E-state index is 12.2. The average Bonchev–Trinajstić information content (AvgIpc) is 2.78. The lowest BCUT2D eigenvalue weighted by Crippen LogP contribution is -2.67. The van der Waals surface area contributed by atoms with Gasteiger partial charge in [-0.15, -0.1) is 0 Å². The van der Waals surface area contributed by atoms with Gasteiger partial charge in [-0.1, -0.05) is 6.07 Å². The predicted octanol–water partition coefficient (Wildman–Crippen LogP) is 0.366. The summed E-state index contributed by atoms with van der Waals surface area (Å²) in [6.45, 7) is 4.03. The van der Waals surface area contributed by atoms with Gasteiger partial charge in [-0.3, -0.25) is 4.79 Å². The van der Waals surface area contributed by atoms with Crippen LogP contribution in [-0.4, -0.2) is 87.8 Å². The predicted molar refractivity (Wildman–Crippen MR) is 121 cm³/mol. The van der Waals surface area contributed by atoms with Gasteiger partial charge in [0.1, 0.15) is 41.7 Å². The van der Waals surface area contributed by atoms with E-state index in [0.29, 0.717) is 29.8 Å². The van der Waals surface area contributed by atoms with Crippen molar-refractivity contribution >= 4 is 16.6 Å². The van der Waals surface area contributed by atoms with Gasteiger partial charge in [-0.2, -0.15) is 0 Å². The van der Waals surface area contributed by atoms with Gasteiger partial charge in [-0.25, -0.2) is 0 Å². The number of phenolic OH excluding ortho intramolecular Hbond substituents is 1. The summed E-state index contributed by atoms with van der Waals surface area (Å²) in [6.07, 6.45) is -7.01. The van der Waals surface area contributed by atoms with Gasteiger partial charge in [-0.05, 0) is 56.8 Å². The monoisotopic (exact) mass is 477 g/mol. The summed E-state index contributed by atoms with van der Waals surface area (Å²) >= 11 is 0. The molecule has 0 aromatic heterocycles. The third kappa shape index (κ3) is 4.21. The Labute approximate surface area is 196 Å². The van der Waals surface area contributed by atoms with Crippen molar-refractivity contribution in [1.29, 1.82) is 0 Å². The molecule has 2 heterocycles. The lowest BCUT2D eigenvalue weighted by molar-refractivity contribution is -0.307. The Balaban J connectivity index is 1.77. The fourth-order valence-corrected chi connectivity index (χ4v) is 4.91. The number of fused-ring (bicyclic) bond motifs is 1. The molecule has 5 unspecified atom stereocenters. The van der Waals surface area contributed by atoms with E-state index in [1.54, 1.807) is 19.1 Å². The number of ketones is 1. The minimum absolute atomic E-state index is 0.0399. The Hall–Kier alpha value is -2.47. The smallest absolute Gasteiger partial charge is 0.229 e. The van der Waals surface area contributed by atoms with Gasteiger partial charge in [0.2, 0.25) is 6.29 Å². The van der Waals surface area contributed by atoms with E-state index in [9.17, 15) is 30.3 Å². The van der Waals surface area contributed by atoms with Crippen LogP contribution in [0, 0.1) is 6.92 Å². The quantitative estimate of drug-likeness (QED) is 0.332. The molecule has 2 aliphatic rings. The van der Waals surface area contributed by atoms with Gasteiger partial charge in [0.25, 0.3) is 0 Å². The number of hydrogen-bond donors (Lipinski definition) is 6. The lowest BCUT2D eigenvalue weighted by atomic mass is 9.80. The Morgan fingerprint density at radius 3 is 2.41 bits per heavy atom. The van der Waals surface area contributed by atoms with Crippen molar-refractivity contribution in [3.63, 3.8) is 0 Å². The topological polar surface area (TPSA) is 158 Å². The first-order chi connectivity index (χ1) is 16.1. The van der Waals surface area contributed by atoms with Crippen LogP contribution in [0.1, 0.15) is 35.7 Å². The largest absolute Gasteiger partial charge is 0.506 e. The van der Waals surface area contributed by atoms with Crippen LogP contribution in [0.3, 0.4) is 0 Å². The van der Waals surface area contributed by atoms with Crippen LogP contribution >= 0.6 is 0 Å². The molecule has 2 aliphatic heterocycles. The van der Waals surface area contributed by atoms with E-state index in [1.165, 1.54) is 20.1 Å². The number of nitrogens with one attached hydrogen (secondary N) is 1. The standard InChI is InChI=1S/C24H31NO9/c1-11-8-13-9-14(32-3)10-15(17(13)18(27)16(11)12(2)26)33-23-21(30)19(28)20(29)22(34-23)24(31)4-6-25-7-5-24/h8-10,19-23,25,27-31H,4-7H2,1-3H3. The first-order valence-corrected chi connectivity index (χ1v) is 11.2. The number of rotatable bonds is 5. The summed E-state index contributed by atoms with van der Waals surface area (Å²) < 4.78 is 17.1. The summed E-state index contributed by atoms with van der Waals surface area (Å²) in [7, 11) is 1.45. The van der Waals surface area contributed by atoms with Crippen molar-refractivity contribution in [3.05, 3.63) is 29.3 Å². The van der Waals surface area contributed by atoms with Crippen LogP contribution in [0.15, 0.2) is 18.2 Å². The highest BCUT2D eigenvalue weighted by Crippen LogP contribution is 2.42. The number of Topliss-reactive ketones (excluding diaryl/α,β-unsaturated/α-hetero) is 1. The van der Waals surface area contributed by atoms with Crippen molar-refractivity contribution in [2.24, 2.45) is 0 Å². The molecule has 2 fully saturated rings. The number of benzene rings is 2. The molecule has 186 valence electrons. The number of hydrogen-bond acceptors (Lipinski definition) is 10. The van der Waals surface area contributed by atoms with Gasteiger partial charge in [0, 0.05) is 6.07 Å². The molecule has 10 heteroatoms. The number of carbonyl (C=O) groups is 1. The summed E-state index contributed by atoms with van der Waals surface area (Å²) in [5.74, 6) is -0.201. The Bertz CT molecular complexity index is 1080. The summed E-state index contributed by atoms with van der Waals surface area (Å²) in [4.78, 5) is 12.2. The van der Waals surface area contributed by atoms with Crippen molar-refractivity contribution in [3.8, 4) is 17.2 Å². The highest BCUT2D eigenvalue weighted by molar-refractivity contribution is 6.07. The summed E-state index contributed by atoms with van der Waals surface area (Å²) in [5.41, 5.74) is -0.743. The third-order valence-corrected chi connectivity index (χ3v) is 6.75. The molecule has 4 rings (SSSR count). The highest BCUT2D eigenvalue weighted by Gasteiger charge is 2.53. The normalized spacial score (nSPS) is 29.1. The number of aromatic hydroxyl groups is 1. The number of aryl methyl sites for hydroxylation is 1. The zero-order chi connectivity index (χ0) is 24.8. The number of methoxy groups -OCH3 is 1. The molecule has 34 heavy (non-hydrogen) atoms. The van der Waals surface area contributed by atoms with E-state index in [-0.39, 0.29) is 41.1 Å². The fraction of sp³-hybridized carbons (Fsp3) is 0.542. The van der Waals surface area contributed by atoms with Crippen LogP contribution in [0.2, 0.25) is 0 Å². The van der Waals surface area contributed by atoms with Gasteiger partial charge < -0.3 is 45.1 Å². The van der Waals surface area contributed by atoms with E-state index < -0.39 is 36.3 Å². The number of aliphatic hydroxyl groups excluding tert-OH is 3. The molecule has 0 radical (unpaired) electrons. The van der Waals surface area contributed by atoms with Crippen molar-refractivity contribution in [2.75, 3.05) is 20.2 Å². The zero-order valence-electron chi connectivity index (χ0n) is 19.3. The summed E-state index contributed by atoms with van der Waals surface area (Å²) in [5, 5.41) is 57.6. The third-order valence-electron chi connectivity index (χ3n) is 6.75. The van der Waals surface area contributed by atoms with Crippen molar-refractivity contribution < 1.29 is 44.5 Å². The molecule has 6 N–H and O–H groups in total. The molecular weight excluding hydrogens is 446 g/mol. The van der Waals surface area contributed by atoms with Crippen LogP contribution in [0.5, 0.6) is 17.2 Å². The average molecular weight is 478 g/mol. The molecule has 2 saturated heterocycles. The molecular formula is C24H31NO9. The zero-order valence-corrected chi connectivity index (χ0v) is 19.3. The second-order valence-electron chi connectivity index (χ2n) is 9.07. The molecule has 5 atom stereocenters. The van der Waals surface area contributed by atoms with Gasteiger partial charge in [0.05, 0.1) is 23.7 Å². The molecule has 2 aromatic rings. The Kier molecular flexibility index (Phi) is 6.74. The molecule has 0 amide bonds. The van der Waals surface area contributed by atoms with Gasteiger partial charge in [0.15, 0.2) is 5.78 Å². The SMILES string of the molecule is COc1cc(OC2OC(C3(O)CCNCC3)C(O)C(O)C2O)c2c(O)c(C(C)=O)c(C)cc2c1. The van der Waals surface area contributed by atoms with E-state index in [1.807, 2.05) is 0 Å². The van der Waals surface area contributed by atoms with E-state index >= 15 is 0 Å². The fourth-order valence-electron chi connectivity index (χ4n) is 4.91. The highest BCUT2D eigenvalue weighted by atomic mass is 16.7. The molecule has 0 bridgehead atoms. The number of phenols is 1. The minimum Gasteiger partial charge on any atom is -0.506 e. The molecule has 0 saturated carbocycles. The second kappa shape index (κ2) is 9.29. The van der Waals surface area contributed by atoms with E-state index in [0.717, 1.165) is 0 Å². The van der Waals surface area contributed by atoms with E-state index in [2.05, 4.69) is 5.32 Å². The van der Waals surface area contributed by atoms with Crippen LogP contribution in [0.25, 0.3) is 10.8 Å². The molecule has 0 aliphatic carbocycles. The van der Waals surface area contributed by atoms with Gasteiger partial charge >= 0.3 is 0 Å². The molecule has 0 spiro atoms. The van der Waals surface area contributed by atoms with E-state index in [4.69, 9.17) is 14.2 Å². The number of aliphatic hydroxyl groups is 4. The number of piperidine rings is 1. The number of ether oxygens (including phenoxy) is 3. The van der Waals surface area contributed by atoms with Crippen LogP contribution in [0.4, 0.5) is 0 Å². The molecule has 10 nitrogen and oxygen atoms in total. The maximum absolute atomic E-state index is 12.2.